The molecule has 1 saturated heterocycles. The van der Waals surface area contributed by atoms with Crippen molar-refractivity contribution >= 4 is 50.6 Å². The minimum Gasteiger partial charge on any atom is -0.389 e. The molecule has 0 bridgehead atoms. The zero-order valence-corrected chi connectivity index (χ0v) is 17.2. The highest BCUT2D eigenvalue weighted by Crippen LogP contribution is 2.28. The van der Waals surface area contributed by atoms with Gasteiger partial charge in [0.2, 0.25) is 15.9 Å². The van der Waals surface area contributed by atoms with E-state index in [0.29, 0.717) is 14.8 Å². The van der Waals surface area contributed by atoms with Crippen LogP contribution in [0, 0.1) is 5.82 Å². The number of halogens is 2. The average Bonchev–Trinajstić information content (AvgIpc) is 3.19. The number of thiophene rings is 1. The number of carbonyl (C=O) groups excluding carboxylic acids is 1. The maximum Gasteiger partial charge on any atom is 0.245 e. The lowest BCUT2D eigenvalue weighted by atomic mass is 10.1. The number of carbonyl (C=O) groups is 1. The highest BCUT2D eigenvalue weighted by Gasteiger charge is 2.35. The second-order valence-corrected chi connectivity index (χ2v) is 9.67. The van der Waals surface area contributed by atoms with Gasteiger partial charge in [-0.2, -0.15) is 4.72 Å². The third kappa shape index (κ3) is 4.79. The normalized spacial score (nSPS) is 18.9. The molecule has 3 rings (SSSR count). The number of benzene rings is 1. The van der Waals surface area contributed by atoms with E-state index in [-0.39, 0.29) is 18.7 Å². The van der Waals surface area contributed by atoms with Crippen LogP contribution in [0.1, 0.15) is 29.9 Å². The quantitative estimate of drug-likeness (QED) is 0.715. The molecule has 10 heteroatoms. The lowest BCUT2D eigenvalue weighted by Gasteiger charge is -2.18. The van der Waals surface area contributed by atoms with Gasteiger partial charge in [0.1, 0.15) is 11.9 Å². The summed E-state index contributed by atoms with van der Waals surface area (Å²) in [5.74, 6) is -1.18. The molecule has 0 aliphatic carbocycles. The van der Waals surface area contributed by atoms with Crippen LogP contribution in [0.4, 0.5) is 10.1 Å². The van der Waals surface area contributed by atoms with Crippen LogP contribution in [0.15, 0.2) is 35.7 Å². The topological polar surface area (TPSA) is 86.7 Å². The molecule has 0 saturated carbocycles. The fraction of sp³-hybridized carbons (Fsp3) is 0.278. The standard InChI is InChI=1S/C18H18ClFN2O4S2/c1-11(23)12-2-4-16(14(20)10-12)22-8-6-15(18(22)24)21-28(25,26)9-7-13-3-5-17(19)27-13/h2-5,7,9-11,15,21,23H,6,8H2,1H3/b9-7+/t11?,15-/m0/s1. The second kappa shape index (κ2) is 8.30. The predicted octanol–water partition coefficient (Wildman–Crippen LogP) is 3.29. The average molecular weight is 445 g/mol. The zero-order chi connectivity index (χ0) is 20.5. The molecule has 2 atom stereocenters. The first-order valence-electron chi connectivity index (χ1n) is 8.41. The highest BCUT2D eigenvalue weighted by atomic mass is 35.5. The molecule has 1 aromatic carbocycles. The van der Waals surface area contributed by atoms with Crippen molar-refractivity contribution in [1.82, 2.24) is 4.72 Å². The van der Waals surface area contributed by atoms with Gasteiger partial charge >= 0.3 is 0 Å². The Balaban J connectivity index is 1.71. The largest absolute Gasteiger partial charge is 0.389 e. The Kier molecular flexibility index (Phi) is 6.21. The van der Waals surface area contributed by atoms with Crippen molar-refractivity contribution < 1.29 is 22.7 Å². The number of hydrogen-bond donors (Lipinski definition) is 2. The first-order valence-corrected chi connectivity index (χ1v) is 11.1. The summed E-state index contributed by atoms with van der Waals surface area (Å²) < 4.78 is 41.7. The van der Waals surface area contributed by atoms with Crippen LogP contribution in [0.5, 0.6) is 0 Å². The minimum atomic E-state index is -3.86. The molecular formula is C18H18ClFN2O4S2. The molecule has 1 aliphatic heterocycles. The van der Waals surface area contributed by atoms with Crippen molar-refractivity contribution in [2.24, 2.45) is 0 Å². The van der Waals surface area contributed by atoms with Crippen LogP contribution < -0.4 is 9.62 Å². The summed E-state index contributed by atoms with van der Waals surface area (Å²) in [4.78, 5) is 14.4. The number of aliphatic hydroxyl groups excluding tert-OH is 1. The van der Waals surface area contributed by atoms with E-state index >= 15 is 0 Å². The van der Waals surface area contributed by atoms with Crippen LogP contribution in [-0.2, 0) is 14.8 Å². The van der Waals surface area contributed by atoms with Gasteiger partial charge in [-0.25, -0.2) is 12.8 Å². The van der Waals surface area contributed by atoms with Gasteiger partial charge in [0.25, 0.3) is 0 Å². The van der Waals surface area contributed by atoms with Crippen LogP contribution >= 0.6 is 22.9 Å². The monoisotopic (exact) mass is 444 g/mol. The molecule has 2 heterocycles. The van der Waals surface area contributed by atoms with Gasteiger partial charge in [-0.1, -0.05) is 17.7 Å². The van der Waals surface area contributed by atoms with Gasteiger partial charge in [0.05, 0.1) is 16.1 Å². The Morgan fingerprint density at radius 2 is 2.14 bits per heavy atom. The predicted molar refractivity (Wildman–Crippen MR) is 108 cm³/mol. The summed E-state index contributed by atoms with van der Waals surface area (Å²) in [5, 5.41) is 10.5. The number of nitrogens with one attached hydrogen (secondary N) is 1. The molecule has 6 nitrogen and oxygen atoms in total. The minimum absolute atomic E-state index is 0.0554. The molecule has 0 spiro atoms. The lowest BCUT2D eigenvalue weighted by molar-refractivity contribution is -0.118. The molecule has 1 aromatic heterocycles. The number of hydrogen-bond acceptors (Lipinski definition) is 5. The second-order valence-electron chi connectivity index (χ2n) is 6.33. The van der Waals surface area contributed by atoms with Crippen molar-refractivity contribution in [1.29, 1.82) is 0 Å². The summed E-state index contributed by atoms with van der Waals surface area (Å²) in [5.41, 5.74) is 0.448. The van der Waals surface area contributed by atoms with Crippen molar-refractivity contribution in [2.75, 3.05) is 11.4 Å². The third-order valence-corrected chi connectivity index (χ3v) is 6.57. The van der Waals surface area contributed by atoms with Gasteiger partial charge in [0, 0.05) is 16.8 Å². The fourth-order valence-corrected chi connectivity index (χ4v) is 4.91. The lowest BCUT2D eigenvalue weighted by Crippen LogP contribution is -2.40. The van der Waals surface area contributed by atoms with Gasteiger partial charge in [-0.15, -0.1) is 11.3 Å². The summed E-state index contributed by atoms with van der Waals surface area (Å²) in [6.45, 7) is 1.69. The maximum atomic E-state index is 14.3. The Morgan fingerprint density at radius 1 is 1.39 bits per heavy atom. The van der Waals surface area contributed by atoms with Gasteiger partial charge in [0.15, 0.2) is 0 Å². The Bertz CT molecular complexity index is 1020. The third-order valence-electron chi connectivity index (χ3n) is 4.26. The van der Waals surface area contributed by atoms with Crippen molar-refractivity contribution in [2.45, 2.75) is 25.5 Å². The smallest absolute Gasteiger partial charge is 0.245 e. The van der Waals surface area contributed by atoms with E-state index in [0.717, 1.165) is 5.41 Å². The number of rotatable bonds is 6. The van der Waals surface area contributed by atoms with Gasteiger partial charge in [-0.05, 0) is 49.2 Å². The molecule has 28 heavy (non-hydrogen) atoms. The molecule has 1 amide bonds. The first kappa shape index (κ1) is 20.9. The molecule has 1 fully saturated rings. The van der Waals surface area contributed by atoms with E-state index < -0.39 is 33.9 Å². The van der Waals surface area contributed by atoms with E-state index in [1.54, 1.807) is 12.1 Å². The van der Waals surface area contributed by atoms with Crippen molar-refractivity contribution in [3.8, 4) is 0 Å². The van der Waals surface area contributed by atoms with Gasteiger partial charge < -0.3 is 10.0 Å². The van der Waals surface area contributed by atoms with E-state index in [1.165, 1.54) is 47.4 Å². The van der Waals surface area contributed by atoms with Crippen LogP contribution in [0.2, 0.25) is 4.34 Å². The van der Waals surface area contributed by atoms with Crippen LogP contribution in [0.3, 0.4) is 0 Å². The molecule has 1 aliphatic rings. The molecule has 2 N–H and O–H groups in total. The highest BCUT2D eigenvalue weighted by molar-refractivity contribution is 7.92. The summed E-state index contributed by atoms with van der Waals surface area (Å²) >= 11 is 7.03. The van der Waals surface area contributed by atoms with Crippen molar-refractivity contribution in [3.05, 3.63) is 56.3 Å². The Hall–Kier alpha value is -1.78. The van der Waals surface area contributed by atoms with Crippen LogP contribution in [0.25, 0.3) is 6.08 Å². The maximum absolute atomic E-state index is 14.3. The SMILES string of the molecule is CC(O)c1ccc(N2CC[C@H](NS(=O)(=O)/C=C/c3ccc(Cl)s3)C2=O)c(F)c1. The summed E-state index contributed by atoms with van der Waals surface area (Å²) in [7, 11) is -3.86. The molecular weight excluding hydrogens is 427 g/mol. The van der Waals surface area contributed by atoms with E-state index in [4.69, 9.17) is 11.6 Å². The van der Waals surface area contributed by atoms with Crippen LogP contribution in [-0.4, -0.2) is 32.0 Å². The molecule has 1 unspecified atom stereocenters. The number of amides is 1. The zero-order valence-electron chi connectivity index (χ0n) is 14.8. The number of nitrogens with zero attached hydrogens (tertiary/aromatic N) is 1. The molecule has 2 aromatic rings. The van der Waals surface area contributed by atoms with Crippen molar-refractivity contribution in [3.63, 3.8) is 0 Å². The Labute approximate surface area is 171 Å². The number of aliphatic hydroxyl groups is 1. The fourth-order valence-electron chi connectivity index (χ4n) is 2.84. The molecule has 150 valence electrons. The van der Waals surface area contributed by atoms with Gasteiger partial charge in [-0.3, -0.25) is 4.79 Å². The summed E-state index contributed by atoms with van der Waals surface area (Å²) in [6, 6.07) is 6.47. The number of sulfonamides is 1. The van der Waals surface area contributed by atoms with E-state index in [9.17, 15) is 22.7 Å². The summed E-state index contributed by atoms with van der Waals surface area (Å²) in [6.07, 6.45) is 0.779. The first-order chi connectivity index (χ1) is 13.2. The Morgan fingerprint density at radius 3 is 2.75 bits per heavy atom. The van der Waals surface area contributed by atoms with E-state index in [2.05, 4.69) is 4.72 Å². The molecule has 0 radical (unpaired) electrons. The number of anilines is 1. The van der Waals surface area contributed by atoms with E-state index in [1.807, 2.05) is 0 Å².